The number of fused-ring (bicyclic) bond motifs is 1. The Labute approximate surface area is 277 Å². The summed E-state index contributed by atoms with van der Waals surface area (Å²) in [5.74, 6) is 1.47. The highest BCUT2D eigenvalue weighted by molar-refractivity contribution is 5.97. The molecular weight excluding hydrogens is 586 g/mol. The van der Waals surface area contributed by atoms with E-state index in [0.29, 0.717) is 62.6 Å². The number of likely N-dealkylation sites (tertiary alicyclic amines) is 1. The summed E-state index contributed by atoms with van der Waals surface area (Å²) in [5, 5.41) is 9.34. The first kappa shape index (κ1) is 31.8. The van der Waals surface area contributed by atoms with E-state index in [4.69, 9.17) is 4.74 Å². The average molecular weight is 628 g/mol. The number of amides is 2. The third-order valence-electron chi connectivity index (χ3n) is 9.51. The number of para-hydroxylation sites is 1. The zero-order chi connectivity index (χ0) is 32.5. The van der Waals surface area contributed by atoms with Gasteiger partial charge in [-0.15, -0.1) is 0 Å². The van der Waals surface area contributed by atoms with E-state index in [1.807, 2.05) is 101 Å². The molecule has 0 bridgehead atoms. The van der Waals surface area contributed by atoms with E-state index in [1.165, 1.54) is 0 Å². The Kier molecular flexibility index (Phi) is 10.1. The van der Waals surface area contributed by atoms with Crippen molar-refractivity contribution in [2.75, 3.05) is 44.2 Å². The Balaban J connectivity index is 1.26. The normalized spacial score (nSPS) is 17.0. The number of piperidine rings is 1. The average Bonchev–Trinajstić information content (AvgIpc) is 3.13. The minimum Gasteiger partial charge on any atom is -0.492 e. The summed E-state index contributed by atoms with van der Waals surface area (Å²) in [6.45, 7) is 4.15. The molecule has 0 aliphatic carbocycles. The first-order chi connectivity index (χ1) is 23.0. The fourth-order valence-electron chi connectivity index (χ4n) is 6.67. The van der Waals surface area contributed by atoms with Gasteiger partial charge in [0.25, 0.3) is 5.91 Å². The molecule has 2 aliphatic rings. The minimum atomic E-state index is -0.138. The Morgan fingerprint density at radius 3 is 2.21 bits per heavy atom. The third kappa shape index (κ3) is 7.98. The predicted octanol–water partition coefficient (Wildman–Crippen LogP) is 6.13. The van der Waals surface area contributed by atoms with Crippen LogP contribution in [0.2, 0.25) is 0 Å². The molecule has 6 rings (SSSR count). The lowest BCUT2D eigenvalue weighted by Crippen LogP contribution is -2.46. The number of anilines is 1. The second-order valence-electron chi connectivity index (χ2n) is 12.6. The van der Waals surface area contributed by atoms with Gasteiger partial charge in [0.1, 0.15) is 17.6 Å². The molecule has 4 aromatic rings. The second-order valence-corrected chi connectivity index (χ2v) is 12.6. The number of nitriles is 1. The molecule has 0 N–H and O–H groups in total. The van der Waals surface area contributed by atoms with Crippen LogP contribution >= 0.6 is 0 Å². The van der Waals surface area contributed by atoms with Crippen LogP contribution in [0.25, 0.3) is 0 Å². The number of rotatable bonds is 5. The fraction of sp³-hybridized carbons (Fsp3) is 0.333. The Morgan fingerprint density at radius 1 is 0.809 bits per heavy atom. The van der Waals surface area contributed by atoms with Crippen LogP contribution in [-0.2, 0) is 17.8 Å². The smallest absolute Gasteiger partial charge is 0.257 e. The van der Waals surface area contributed by atoms with E-state index >= 15 is 0 Å². The highest BCUT2D eigenvalue weighted by atomic mass is 16.5. The monoisotopic (exact) mass is 627 g/mol. The SMILES string of the molecule is N#Cc1ccc(N2CCCC3(CCN(C(=O)Cc4ccccc4)CC3)COc3ccccc3C(=O)N(Cc3ccccc3)CC2)nc1. The minimum absolute atomic E-state index is 0.0770. The molecule has 1 spiro atoms. The highest BCUT2D eigenvalue weighted by Crippen LogP contribution is 2.38. The van der Waals surface area contributed by atoms with Gasteiger partial charge in [0.2, 0.25) is 5.91 Å². The standard InChI is InChI=1S/C39H41N5O3/c40-27-33-16-17-36(41-28-33)42-21-9-18-39(19-22-43(23-20-39)37(45)26-31-10-3-1-4-11-31)30-47-35-15-8-7-14-34(35)38(46)44(25-24-42)29-32-12-5-2-6-13-32/h1-8,10-17,28H,9,18-26,29-30H2. The van der Waals surface area contributed by atoms with E-state index in [9.17, 15) is 14.9 Å². The number of carbonyl (C=O) groups excluding carboxylic acids is 2. The maximum Gasteiger partial charge on any atom is 0.257 e. The quantitative estimate of drug-likeness (QED) is 0.265. The number of carbonyl (C=O) groups is 2. The van der Waals surface area contributed by atoms with Gasteiger partial charge in [-0.05, 0) is 61.1 Å². The summed E-state index contributed by atoms with van der Waals surface area (Å²) in [4.78, 5) is 38.2. The maximum atomic E-state index is 14.2. The molecule has 3 aromatic carbocycles. The molecule has 3 heterocycles. The first-order valence-corrected chi connectivity index (χ1v) is 16.5. The lowest BCUT2D eigenvalue weighted by atomic mass is 9.75. The molecule has 47 heavy (non-hydrogen) atoms. The summed E-state index contributed by atoms with van der Waals surface area (Å²) in [5.41, 5.74) is 3.01. The van der Waals surface area contributed by atoms with E-state index in [0.717, 1.165) is 49.2 Å². The van der Waals surface area contributed by atoms with Crippen LogP contribution in [0, 0.1) is 16.7 Å². The number of pyridine rings is 1. The number of hydrogen-bond donors (Lipinski definition) is 0. The van der Waals surface area contributed by atoms with Crippen molar-refractivity contribution >= 4 is 17.6 Å². The molecule has 1 saturated heterocycles. The van der Waals surface area contributed by atoms with Crippen molar-refractivity contribution in [2.24, 2.45) is 5.41 Å². The van der Waals surface area contributed by atoms with Crippen LogP contribution in [0.1, 0.15) is 52.7 Å². The summed E-state index contributed by atoms with van der Waals surface area (Å²) in [6.07, 6.45) is 5.50. The van der Waals surface area contributed by atoms with Gasteiger partial charge in [-0.1, -0.05) is 72.8 Å². The van der Waals surface area contributed by atoms with Crippen LogP contribution in [-0.4, -0.2) is 65.9 Å². The van der Waals surface area contributed by atoms with E-state index < -0.39 is 0 Å². The zero-order valence-electron chi connectivity index (χ0n) is 26.8. The van der Waals surface area contributed by atoms with Crippen LogP contribution in [0.5, 0.6) is 5.75 Å². The van der Waals surface area contributed by atoms with Crippen molar-refractivity contribution in [1.82, 2.24) is 14.8 Å². The first-order valence-electron chi connectivity index (χ1n) is 16.5. The van der Waals surface area contributed by atoms with Gasteiger partial charge in [0.05, 0.1) is 24.2 Å². The topological polar surface area (TPSA) is 89.8 Å². The molecule has 0 atom stereocenters. The van der Waals surface area contributed by atoms with Crippen molar-refractivity contribution in [2.45, 2.75) is 38.6 Å². The van der Waals surface area contributed by atoms with Gasteiger partial charge in [0.15, 0.2) is 0 Å². The van der Waals surface area contributed by atoms with E-state index in [1.54, 1.807) is 12.3 Å². The second kappa shape index (κ2) is 15.0. The maximum absolute atomic E-state index is 14.2. The Hall–Kier alpha value is -5.16. The lowest BCUT2D eigenvalue weighted by Gasteiger charge is -2.42. The molecule has 240 valence electrons. The molecule has 0 unspecified atom stereocenters. The van der Waals surface area contributed by atoms with Crippen LogP contribution in [0.15, 0.2) is 103 Å². The summed E-state index contributed by atoms with van der Waals surface area (Å²) in [6, 6.07) is 33.4. The molecule has 8 heteroatoms. The van der Waals surface area contributed by atoms with Crippen LogP contribution < -0.4 is 9.64 Å². The third-order valence-corrected chi connectivity index (χ3v) is 9.51. The number of nitrogens with zero attached hydrogens (tertiary/aromatic N) is 5. The molecule has 0 radical (unpaired) electrons. The Bertz CT molecular complexity index is 1680. The van der Waals surface area contributed by atoms with Crippen LogP contribution in [0.3, 0.4) is 0 Å². The van der Waals surface area contributed by atoms with Gasteiger partial charge < -0.3 is 19.4 Å². The number of ether oxygens (including phenoxy) is 1. The van der Waals surface area contributed by atoms with Crippen molar-refractivity contribution in [3.05, 3.63) is 126 Å². The van der Waals surface area contributed by atoms with E-state index in [-0.39, 0.29) is 17.2 Å². The molecule has 8 nitrogen and oxygen atoms in total. The predicted molar refractivity (Wildman–Crippen MR) is 182 cm³/mol. The van der Waals surface area contributed by atoms with Gasteiger partial charge in [-0.2, -0.15) is 5.26 Å². The molecule has 2 amide bonds. The Morgan fingerprint density at radius 2 is 1.51 bits per heavy atom. The van der Waals surface area contributed by atoms with Crippen LogP contribution in [0.4, 0.5) is 5.82 Å². The van der Waals surface area contributed by atoms with Crippen molar-refractivity contribution < 1.29 is 14.3 Å². The van der Waals surface area contributed by atoms with E-state index in [2.05, 4.69) is 16.0 Å². The summed E-state index contributed by atoms with van der Waals surface area (Å²) < 4.78 is 6.58. The molecule has 0 saturated carbocycles. The largest absolute Gasteiger partial charge is 0.492 e. The van der Waals surface area contributed by atoms with Gasteiger partial charge in [0, 0.05) is 50.9 Å². The molecule has 1 fully saturated rings. The van der Waals surface area contributed by atoms with Gasteiger partial charge >= 0.3 is 0 Å². The van der Waals surface area contributed by atoms with Crippen molar-refractivity contribution in [3.8, 4) is 11.8 Å². The highest BCUT2D eigenvalue weighted by Gasteiger charge is 2.37. The lowest BCUT2D eigenvalue weighted by molar-refractivity contribution is -0.133. The van der Waals surface area contributed by atoms with Crippen molar-refractivity contribution in [1.29, 1.82) is 5.26 Å². The summed E-state index contributed by atoms with van der Waals surface area (Å²) >= 11 is 0. The number of benzene rings is 3. The van der Waals surface area contributed by atoms with Gasteiger partial charge in [-0.3, -0.25) is 9.59 Å². The summed E-state index contributed by atoms with van der Waals surface area (Å²) in [7, 11) is 0. The van der Waals surface area contributed by atoms with Gasteiger partial charge in [-0.25, -0.2) is 4.98 Å². The van der Waals surface area contributed by atoms with Crippen molar-refractivity contribution in [3.63, 3.8) is 0 Å². The zero-order valence-corrected chi connectivity index (χ0v) is 26.8. The number of aromatic nitrogens is 1. The molecule has 1 aromatic heterocycles. The number of hydrogen-bond acceptors (Lipinski definition) is 6. The molecular formula is C39H41N5O3. The fourth-order valence-corrected chi connectivity index (χ4v) is 6.67. The molecule has 2 aliphatic heterocycles.